The number of benzene rings is 2. The van der Waals surface area contributed by atoms with Crippen molar-refractivity contribution in [1.29, 1.82) is 0 Å². The first-order valence-corrected chi connectivity index (χ1v) is 13.8. The molecule has 0 radical (unpaired) electrons. The van der Waals surface area contributed by atoms with Crippen molar-refractivity contribution in [2.24, 2.45) is 5.92 Å². The molecule has 206 valence electrons. The standard InChI is InChI=1S/C30H31ClN6O3/c1-2-40-25-11-7-22(8-12-25)27-14-16-29(38)37(35-27)19-17-32-30(39)23-4-3-18-36(20-23)28-15-13-26(33-34-28)21-5-9-24(31)10-6-21/h5-16,23H,2-4,17-20H2,1H3,(H,32,39). The van der Waals surface area contributed by atoms with E-state index in [2.05, 4.69) is 25.5 Å². The van der Waals surface area contributed by atoms with Crippen molar-refractivity contribution < 1.29 is 9.53 Å². The van der Waals surface area contributed by atoms with Gasteiger partial charge in [-0.15, -0.1) is 10.2 Å². The number of nitrogens with zero attached hydrogens (tertiary/aromatic N) is 5. The van der Waals surface area contributed by atoms with Crippen LogP contribution in [0.4, 0.5) is 5.82 Å². The van der Waals surface area contributed by atoms with Crippen molar-refractivity contribution in [2.75, 3.05) is 31.1 Å². The van der Waals surface area contributed by atoms with Crippen LogP contribution in [0, 0.1) is 5.92 Å². The number of carbonyl (C=O) groups excluding carboxylic acids is 1. The van der Waals surface area contributed by atoms with Crippen molar-refractivity contribution in [1.82, 2.24) is 25.3 Å². The Labute approximate surface area is 237 Å². The second kappa shape index (κ2) is 12.7. The summed E-state index contributed by atoms with van der Waals surface area (Å²) < 4.78 is 6.88. The molecule has 0 spiro atoms. The molecule has 2 aromatic carbocycles. The Morgan fingerprint density at radius 2 is 1.70 bits per heavy atom. The Morgan fingerprint density at radius 1 is 0.975 bits per heavy atom. The molecular weight excluding hydrogens is 528 g/mol. The Hall–Kier alpha value is -4.24. The number of ether oxygens (including phenoxy) is 1. The lowest BCUT2D eigenvalue weighted by molar-refractivity contribution is -0.125. The number of aromatic nitrogens is 4. The first kappa shape index (κ1) is 27.3. The minimum absolute atomic E-state index is 0.0360. The zero-order valence-corrected chi connectivity index (χ0v) is 23.1. The highest BCUT2D eigenvalue weighted by atomic mass is 35.5. The second-order valence-corrected chi connectivity index (χ2v) is 10.0. The molecule has 1 aliphatic rings. The van der Waals surface area contributed by atoms with Crippen molar-refractivity contribution in [3.05, 3.63) is 88.2 Å². The van der Waals surface area contributed by atoms with Crippen LogP contribution in [0.2, 0.25) is 5.02 Å². The topological polar surface area (TPSA) is 102 Å². The Morgan fingerprint density at radius 3 is 2.42 bits per heavy atom. The number of hydrogen-bond acceptors (Lipinski definition) is 7. The molecule has 1 N–H and O–H groups in total. The molecule has 5 rings (SSSR count). The molecule has 1 saturated heterocycles. The largest absolute Gasteiger partial charge is 0.494 e. The highest BCUT2D eigenvalue weighted by Gasteiger charge is 2.26. The number of amides is 1. The van der Waals surface area contributed by atoms with E-state index >= 15 is 0 Å². The average molecular weight is 559 g/mol. The van der Waals surface area contributed by atoms with Gasteiger partial charge in [0.2, 0.25) is 5.91 Å². The zero-order chi connectivity index (χ0) is 27.9. The summed E-state index contributed by atoms with van der Waals surface area (Å²) in [7, 11) is 0. The lowest BCUT2D eigenvalue weighted by atomic mass is 9.97. The normalized spacial score (nSPS) is 15.1. The molecule has 0 aliphatic carbocycles. The average Bonchev–Trinajstić information content (AvgIpc) is 2.99. The van der Waals surface area contributed by atoms with Crippen LogP contribution < -0.4 is 20.5 Å². The van der Waals surface area contributed by atoms with Gasteiger partial charge < -0.3 is 15.0 Å². The van der Waals surface area contributed by atoms with Crippen molar-refractivity contribution in [3.63, 3.8) is 0 Å². The molecule has 1 aliphatic heterocycles. The predicted octanol–water partition coefficient (Wildman–Crippen LogP) is 4.45. The van der Waals surface area contributed by atoms with E-state index in [1.807, 2.05) is 67.6 Å². The monoisotopic (exact) mass is 558 g/mol. The van der Waals surface area contributed by atoms with Crippen LogP contribution in [0.25, 0.3) is 22.5 Å². The van der Waals surface area contributed by atoms with Gasteiger partial charge in [0.1, 0.15) is 5.75 Å². The maximum absolute atomic E-state index is 13.0. The quantitative estimate of drug-likeness (QED) is 0.324. The van der Waals surface area contributed by atoms with E-state index in [1.54, 1.807) is 6.07 Å². The summed E-state index contributed by atoms with van der Waals surface area (Å²) in [5.74, 6) is 1.32. The summed E-state index contributed by atoms with van der Waals surface area (Å²) in [6.45, 7) is 4.50. The third kappa shape index (κ3) is 6.66. The van der Waals surface area contributed by atoms with Crippen molar-refractivity contribution in [3.8, 4) is 28.3 Å². The number of halogens is 1. The number of hydrogen-bond donors (Lipinski definition) is 1. The SMILES string of the molecule is CCOc1ccc(-c2ccc(=O)n(CCNC(=O)C3CCCN(c4ccc(-c5ccc(Cl)cc5)nn4)C3)n2)cc1. The van der Waals surface area contributed by atoms with Gasteiger partial charge >= 0.3 is 0 Å². The van der Waals surface area contributed by atoms with Crippen LogP contribution in [0.1, 0.15) is 19.8 Å². The maximum Gasteiger partial charge on any atom is 0.266 e. The van der Waals surface area contributed by atoms with Gasteiger partial charge in [-0.3, -0.25) is 9.59 Å². The maximum atomic E-state index is 13.0. The van der Waals surface area contributed by atoms with E-state index in [9.17, 15) is 9.59 Å². The molecule has 2 aromatic heterocycles. The molecule has 4 aromatic rings. The first-order chi connectivity index (χ1) is 19.5. The Bertz CT molecular complexity index is 1490. The van der Waals surface area contributed by atoms with E-state index in [-0.39, 0.29) is 23.9 Å². The molecule has 0 saturated carbocycles. The van der Waals surface area contributed by atoms with Gasteiger partial charge in [0.05, 0.1) is 30.5 Å². The van der Waals surface area contributed by atoms with Gasteiger partial charge in [0.25, 0.3) is 5.56 Å². The molecule has 1 unspecified atom stereocenters. The van der Waals surface area contributed by atoms with E-state index in [1.165, 1.54) is 10.7 Å². The van der Waals surface area contributed by atoms with Crippen LogP contribution in [-0.2, 0) is 11.3 Å². The summed E-state index contributed by atoms with van der Waals surface area (Å²) in [6.07, 6.45) is 1.67. The molecule has 3 heterocycles. The van der Waals surface area contributed by atoms with Crippen LogP contribution in [0.3, 0.4) is 0 Å². The van der Waals surface area contributed by atoms with E-state index in [4.69, 9.17) is 16.3 Å². The van der Waals surface area contributed by atoms with E-state index in [0.29, 0.717) is 30.4 Å². The third-order valence-electron chi connectivity index (χ3n) is 6.86. The molecule has 0 bridgehead atoms. The van der Waals surface area contributed by atoms with Gasteiger partial charge in [0, 0.05) is 41.9 Å². The third-order valence-corrected chi connectivity index (χ3v) is 7.11. The summed E-state index contributed by atoms with van der Waals surface area (Å²) in [5, 5.41) is 16.9. The summed E-state index contributed by atoms with van der Waals surface area (Å²) >= 11 is 5.98. The van der Waals surface area contributed by atoms with Gasteiger partial charge in [0.15, 0.2) is 5.82 Å². The highest BCUT2D eigenvalue weighted by Crippen LogP contribution is 2.24. The molecule has 1 amide bonds. The fourth-order valence-corrected chi connectivity index (χ4v) is 4.87. The van der Waals surface area contributed by atoms with Gasteiger partial charge in [-0.2, -0.15) is 5.10 Å². The van der Waals surface area contributed by atoms with Crippen LogP contribution in [0.15, 0.2) is 77.6 Å². The minimum atomic E-state index is -0.214. The number of anilines is 1. The zero-order valence-electron chi connectivity index (χ0n) is 22.3. The minimum Gasteiger partial charge on any atom is -0.494 e. The fourth-order valence-electron chi connectivity index (χ4n) is 4.75. The lowest BCUT2D eigenvalue weighted by Crippen LogP contribution is -2.44. The summed E-state index contributed by atoms with van der Waals surface area (Å²) in [5.41, 5.74) is 3.06. The van der Waals surface area contributed by atoms with E-state index < -0.39 is 0 Å². The van der Waals surface area contributed by atoms with Gasteiger partial charge in [-0.1, -0.05) is 23.7 Å². The summed E-state index contributed by atoms with van der Waals surface area (Å²) in [6, 6.07) is 22.1. The predicted molar refractivity (Wildman–Crippen MR) is 156 cm³/mol. The van der Waals surface area contributed by atoms with Crippen LogP contribution >= 0.6 is 11.6 Å². The molecule has 1 atom stereocenters. The molecule has 1 fully saturated rings. The summed E-state index contributed by atoms with van der Waals surface area (Å²) in [4.78, 5) is 27.5. The van der Waals surface area contributed by atoms with Crippen molar-refractivity contribution in [2.45, 2.75) is 26.3 Å². The van der Waals surface area contributed by atoms with Gasteiger partial charge in [-0.05, 0) is 74.4 Å². The highest BCUT2D eigenvalue weighted by molar-refractivity contribution is 6.30. The molecule has 10 heteroatoms. The van der Waals surface area contributed by atoms with Crippen molar-refractivity contribution >= 4 is 23.3 Å². The number of rotatable bonds is 9. The first-order valence-electron chi connectivity index (χ1n) is 13.4. The smallest absolute Gasteiger partial charge is 0.266 e. The van der Waals surface area contributed by atoms with Crippen LogP contribution in [0.5, 0.6) is 5.75 Å². The van der Waals surface area contributed by atoms with Gasteiger partial charge in [-0.25, -0.2) is 4.68 Å². The van der Waals surface area contributed by atoms with Crippen LogP contribution in [-0.4, -0.2) is 52.1 Å². The lowest BCUT2D eigenvalue weighted by Gasteiger charge is -2.32. The number of nitrogens with one attached hydrogen (secondary N) is 1. The van der Waals surface area contributed by atoms with E-state index in [0.717, 1.165) is 47.8 Å². The fraction of sp³-hybridized carbons (Fsp3) is 0.300. The Balaban J connectivity index is 1.16. The molecule has 40 heavy (non-hydrogen) atoms. The molecule has 9 nitrogen and oxygen atoms in total. The second-order valence-electron chi connectivity index (χ2n) is 9.60. The molecular formula is C30H31ClN6O3. The number of piperidine rings is 1. The number of carbonyl (C=O) groups is 1. The Kier molecular flexibility index (Phi) is 8.71.